The minimum absolute atomic E-state index is 0.482. The van der Waals surface area contributed by atoms with E-state index in [4.69, 9.17) is 14.5 Å². The predicted octanol–water partition coefficient (Wildman–Crippen LogP) is 2.76. The second-order valence-corrected chi connectivity index (χ2v) is 8.27. The van der Waals surface area contributed by atoms with E-state index in [1.807, 2.05) is 0 Å². The molecule has 2 aliphatic rings. The summed E-state index contributed by atoms with van der Waals surface area (Å²) in [5, 5.41) is 3.49. The maximum atomic E-state index is 5.52. The van der Waals surface area contributed by atoms with Gasteiger partial charge in [0.05, 0.1) is 13.2 Å². The molecule has 140 valence electrons. The second-order valence-electron chi connectivity index (χ2n) is 6.71. The molecule has 6 heteroatoms. The summed E-state index contributed by atoms with van der Waals surface area (Å²) in [5.74, 6) is 2.32. The smallest absolute Gasteiger partial charge is 0.193 e. The van der Waals surface area contributed by atoms with Gasteiger partial charge in [-0.3, -0.25) is 4.99 Å². The fourth-order valence-corrected chi connectivity index (χ4v) is 5.12. The molecule has 0 aromatic heterocycles. The third kappa shape index (κ3) is 6.45. The van der Waals surface area contributed by atoms with Gasteiger partial charge < -0.3 is 19.7 Å². The lowest BCUT2D eigenvalue weighted by Gasteiger charge is -2.45. The molecule has 0 bridgehead atoms. The van der Waals surface area contributed by atoms with E-state index in [1.165, 1.54) is 37.9 Å². The van der Waals surface area contributed by atoms with Gasteiger partial charge in [-0.05, 0) is 26.2 Å². The van der Waals surface area contributed by atoms with Crippen LogP contribution in [0.15, 0.2) is 4.99 Å². The molecule has 5 nitrogen and oxygen atoms in total. The number of thioether (sulfide) groups is 1. The highest BCUT2D eigenvalue weighted by molar-refractivity contribution is 8.00. The van der Waals surface area contributed by atoms with Crippen molar-refractivity contribution in [2.75, 3.05) is 58.9 Å². The Morgan fingerprint density at radius 1 is 1.21 bits per heavy atom. The molecule has 24 heavy (non-hydrogen) atoms. The summed E-state index contributed by atoms with van der Waals surface area (Å²) in [6.45, 7) is 8.28. The number of guanidine groups is 1. The molecule has 0 aromatic rings. The van der Waals surface area contributed by atoms with Crippen LogP contribution in [-0.2, 0) is 9.47 Å². The normalized spacial score (nSPS) is 21.2. The van der Waals surface area contributed by atoms with Crippen molar-refractivity contribution in [3.8, 4) is 0 Å². The zero-order valence-electron chi connectivity index (χ0n) is 15.5. The first-order valence-electron chi connectivity index (χ1n) is 9.53. The Morgan fingerprint density at radius 3 is 2.79 bits per heavy atom. The molecular formula is C18H35N3O2S. The summed E-state index contributed by atoms with van der Waals surface area (Å²) in [5.41, 5.74) is 0. The Kier molecular flexibility index (Phi) is 9.28. The molecule has 1 aliphatic carbocycles. The van der Waals surface area contributed by atoms with Crippen LogP contribution in [0.4, 0.5) is 0 Å². The maximum absolute atomic E-state index is 5.52. The molecule has 1 aliphatic heterocycles. The van der Waals surface area contributed by atoms with Gasteiger partial charge in [-0.1, -0.05) is 19.3 Å². The van der Waals surface area contributed by atoms with Crippen LogP contribution in [0.3, 0.4) is 0 Å². The van der Waals surface area contributed by atoms with Crippen molar-refractivity contribution in [1.29, 1.82) is 0 Å². The van der Waals surface area contributed by atoms with E-state index in [2.05, 4.69) is 28.9 Å². The third-order valence-corrected chi connectivity index (χ3v) is 6.32. The minimum atomic E-state index is 0.482. The van der Waals surface area contributed by atoms with Gasteiger partial charge in [0.25, 0.3) is 0 Å². The van der Waals surface area contributed by atoms with Gasteiger partial charge in [0.15, 0.2) is 5.96 Å². The number of nitrogens with zero attached hydrogens (tertiary/aromatic N) is 2. The summed E-state index contributed by atoms with van der Waals surface area (Å²) >= 11 is 2.21. The molecule has 0 unspecified atom stereocenters. The fraction of sp³-hybridized carbons (Fsp3) is 0.944. The Bertz CT molecular complexity index is 368. The molecule has 2 fully saturated rings. The zero-order chi connectivity index (χ0) is 17.1. The number of ether oxygens (including phenoxy) is 2. The molecule has 0 aromatic carbocycles. The maximum Gasteiger partial charge on any atom is 0.193 e. The largest absolute Gasteiger partial charge is 0.382 e. The monoisotopic (exact) mass is 357 g/mol. The summed E-state index contributed by atoms with van der Waals surface area (Å²) < 4.78 is 11.0. The highest BCUT2D eigenvalue weighted by Crippen LogP contribution is 2.42. The zero-order valence-corrected chi connectivity index (χ0v) is 16.3. The average molecular weight is 358 g/mol. The van der Waals surface area contributed by atoms with Gasteiger partial charge in [0.1, 0.15) is 0 Å². The van der Waals surface area contributed by atoms with Crippen molar-refractivity contribution in [2.45, 2.75) is 50.2 Å². The van der Waals surface area contributed by atoms with E-state index in [-0.39, 0.29) is 0 Å². The predicted molar refractivity (Wildman–Crippen MR) is 103 cm³/mol. The first-order valence-corrected chi connectivity index (χ1v) is 10.5. The summed E-state index contributed by atoms with van der Waals surface area (Å²) in [7, 11) is 1.70. The van der Waals surface area contributed by atoms with Gasteiger partial charge >= 0.3 is 0 Å². The van der Waals surface area contributed by atoms with Gasteiger partial charge in [-0.25, -0.2) is 0 Å². The number of hydrogen-bond acceptors (Lipinski definition) is 4. The molecule has 2 rings (SSSR count). The number of rotatable bonds is 8. The molecule has 1 spiro atoms. The highest BCUT2D eigenvalue weighted by atomic mass is 32.2. The van der Waals surface area contributed by atoms with Crippen LogP contribution in [0.25, 0.3) is 0 Å². The van der Waals surface area contributed by atoms with Crippen molar-refractivity contribution in [1.82, 2.24) is 10.2 Å². The van der Waals surface area contributed by atoms with Crippen LogP contribution in [0.2, 0.25) is 0 Å². The quantitative estimate of drug-likeness (QED) is 0.411. The Balaban J connectivity index is 1.80. The van der Waals surface area contributed by atoms with E-state index in [9.17, 15) is 0 Å². The lowest BCUT2D eigenvalue weighted by atomic mass is 9.87. The Morgan fingerprint density at radius 2 is 2.04 bits per heavy atom. The van der Waals surface area contributed by atoms with Crippen LogP contribution in [0.1, 0.15) is 45.4 Å². The summed E-state index contributed by atoms with van der Waals surface area (Å²) in [6.07, 6.45) is 7.92. The van der Waals surface area contributed by atoms with E-state index >= 15 is 0 Å². The van der Waals surface area contributed by atoms with E-state index < -0.39 is 0 Å². The van der Waals surface area contributed by atoms with Crippen molar-refractivity contribution >= 4 is 17.7 Å². The minimum Gasteiger partial charge on any atom is -0.382 e. The van der Waals surface area contributed by atoms with Crippen molar-refractivity contribution in [3.05, 3.63) is 0 Å². The standard InChI is InChI=1S/C18H35N3O2S/c1-3-19-17(20-10-7-12-23-14-13-22-2)21-11-15-24-18(16-21)8-5-4-6-9-18/h3-16H2,1-2H3,(H,19,20). The topological polar surface area (TPSA) is 46.1 Å². The molecule has 1 saturated heterocycles. The van der Waals surface area contributed by atoms with Crippen molar-refractivity contribution in [3.63, 3.8) is 0 Å². The molecule has 0 atom stereocenters. The van der Waals surface area contributed by atoms with Crippen molar-refractivity contribution < 1.29 is 9.47 Å². The van der Waals surface area contributed by atoms with Crippen LogP contribution in [0.5, 0.6) is 0 Å². The number of hydrogen-bond donors (Lipinski definition) is 1. The van der Waals surface area contributed by atoms with Crippen LogP contribution in [-0.4, -0.2) is 74.5 Å². The van der Waals surface area contributed by atoms with Gasteiger partial charge in [0.2, 0.25) is 0 Å². The molecule has 1 N–H and O–H groups in total. The summed E-state index contributed by atoms with van der Waals surface area (Å²) in [6, 6.07) is 0. The molecule has 1 heterocycles. The first-order chi connectivity index (χ1) is 11.8. The molecule has 0 radical (unpaired) electrons. The van der Waals surface area contributed by atoms with Crippen LogP contribution >= 0.6 is 11.8 Å². The highest BCUT2D eigenvalue weighted by Gasteiger charge is 2.38. The number of nitrogens with one attached hydrogen (secondary N) is 1. The van der Waals surface area contributed by atoms with Gasteiger partial charge in [-0.2, -0.15) is 11.8 Å². The van der Waals surface area contributed by atoms with Crippen LogP contribution < -0.4 is 5.32 Å². The molecular weight excluding hydrogens is 322 g/mol. The van der Waals surface area contributed by atoms with E-state index in [0.717, 1.165) is 45.2 Å². The van der Waals surface area contributed by atoms with Gasteiger partial charge in [0, 0.05) is 50.4 Å². The third-order valence-electron chi connectivity index (χ3n) is 4.79. The Labute approximate surface area is 151 Å². The lowest BCUT2D eigenvalue weighted by Crippen LogP contribution is -2.53. The average Bonchev–Trinajstić information content (AvgIpc) is 2.61. The van der Waals surface area contributed by atoms with Crippen molar-refractivity contribution in [2.24, 2.45) is 4.99 Å². The fourth-order valence-electron chi connectivity index (χ4n) is 3.55. The van der Waals surface area contributed by atoms with E-state index in [1.54, 1.807) is 7.11 Å². The molecule has 0 amide bonds. The second kappa shape index (κ2) is 11.2. The van der Waals surface area contributed by atoms with Gasteiger partial charge in [-0.15, -0.1) is 0 Å². The number of methoxy groups -OCH3 is 1. The van der Waals surface area contributed by atoms with E-state index in [0.29, 0.717) is 18.0 Å². The summed E-state index contributed by atoms with van der Waals surface area (Å²) in [4.78, 5) is 7.34. The molecule has 1 saturated carbocycles. The first kappa shape index (κ1) is 19.9. The number of aliphatic imine (C=N–C) groups is 1. The lowest BCUT2D eigenvalue weighted by molar-refractivity contribution is 0.0702. The SMILES string of the molecule is CCNC(=NCCCOCCOC)N1CCSC2(CCCCC2)C1. The van der Waals surface area contributed by atoms with Crippen LogP contribution in [0, 0.1) is 0 Å². The Hall–Kier alpha value is -0.460.